The predicted molar refractivity (Wildman–Crippen MR) is 48.6 cm³/mol. The predicted octanol–water partition coefficient (Wildman–Crippen LogP) is 1.88. The second kappa shape index (κ2) is 6.23. The molecule has 0 fully saturated rings. The van der Waals surface area contributed by atoms with Crippen LogP contribution in [-0.2, 0) is 4.74 Å². The zero-order chi connectivity index (χ0) is 8.69. The summed E-state index contributed by atoms with van der Waals surface area (Å²) >= 11 is 0. The molecule has 0 aliphatic carbocycles. The average Bonchev–Trinajstić information content (AvgIpc) is 2.06. The maximum atomic E-state index is 5.02. The highest BCUT2D eigenvalue weighted by Gasteiger charge is 1.94. The Labute approximate surface area is 69.8 Å². The van der Waals surface area contributed by atoms with E-state index in [2.05, 4.69) is 24.8 Å². The number of hydrogen-bond donors (Lipinski definition) is 0. The summed E-state index contributed by atoms with van der Waals surface area (Å²) in [5, 5.41) is 0. The highest BCUT2D eigenvalue weighted by Crippen LogP contribution is 1.94. The van der Waals surface area contributed by atoms with Crippen molar-refractivity contribution in [3.05, 3.63) is 11.8 Å². The Hall–Kier alpha value is -0.500. The molecule has 0 unspecified atom stereocenters. The first kappa shape index (κ1) is 10.5. The first-order valence-electron chi connectivity index (χ1n) is 4.17. The van der Waals surface area contributed by atoms with Crippen molar-refractivity contribution < 1.29 is 4.74 Å². The number of allylic oxidation sites excluding steroid dienone is 1. The van der Waals surface area contributed by atoms with Crippen molar-refractivity contribution in [3.63, 3.8) is 0 Å². The number of ether oxygens (including phenoxy) is 1. The van der Waals surface area contributed by atoms with Gasteiger partial charge in [0.05, 0.1) is 12.9 Å². The monoisotopic (exact) mass is 157 g/mol. The molecule has 0 saturated heterocycles. The Morgan fingerprint density at radius 2 is 1.91 bits per heavy atom. The van der Waals surface area contributed by atoms with Crippen molar-refractivity contribution in [2.75, 3.05) is 26.7 Å². The fraction of sp³-hybridized carbons (Fsp3) is 0.778. The summed E-state index contributed by atoms with van der Waals surface area (Å²) in [6.45, 7) is 9.50. The average molecular weight is 157 g/mol. The van der Waals surface area contributed by atoms with Gasteiger partial charge in [0.2, 0.25) is 0 Å². The van der Waals surface area contributed by atoms with E-state index in [4.69, 9.17) is 4.74 Å². The van der Waals surface area contributed by atoms with Gasteiger partial charge >= 0.3 is 0 Å². The van der Waals surface area contributed by atoms with E-state index in [9.17, 15) is 0 Å². The minimum absolute atomic E-state index is 0.993. The summed E-state index contributed by atoms with van der Waals surface area (Å²) < 4.78 is 5.02. The van der Waals surface area contributed by atoms with Crippen LogP contribution >= 0.6 is 0 Å². The summed E-state index contributed by atoms with van der Waals surface area (Å²) in [6, 6.07) is 0. The normalized spacial score (nSPS) is 12.3. The lowest BCUT2D eigenvalue weighted by molar-refractivity contribution is 0.282. The summed E-state index contributed by atoms with van der Waals surface area (Å²) in [4.78, 5) is 2.34. The summed E-state index contributed by atoms with van der Waals surface area (Å²) in [6.07, 6.45) is 2.10. The van der Waals surface area contributed by atoms with Gasteiger partial charge in [-0.2, -0.15) is 0 Å². The van der Waals surface area contributed by atoms with Crippen LogP contribution in [0.2, 0.25) is 0 Å². The van der Waals surface area contributed by atoms with Crippen molar-refractivity contribution in [2.24, 2.45) is 0 Å². The Bertz CT molecular complexity index is 117. The number of likely N-dealkylation sites (N-methyl/N-ethyl adjacent to an activating group) is 1. The van der Waals surface area contributed by atoms with Gasteiger partial charge in [-0.15, -0.1) is 0 Å². The quantitative estimate of drug-likeness (QED) is 0.565. The molecule has 0 atom stereocenters. The lowest BCUT2D eigenvalue weighted by Gasteiger charge is -2.15. The molecule has 0 aliphatic heterocycles. The van der Waals surface area contributed by atoms with E-state index in [1.54, 1.807) is 7.11 Å². The second-order valence-electron chi connectivity index (χ2n) is 2.50. The highest BCUT2D eigenvalue weighted by atomic mass is 16.5. The molecule has 0 aliphatic rings. The van der Waals surface area contributed by atoms with Gasteiger partial charge in [0.25, 0.3) is 0 Å². The third-order valence-corrected chi connectivity index (χ3v) is 1.85. The van der Waals surface area contributed by atoms with Crippen molar-refractivity contribution in [1.29, 1.82) is 0 Å². The lowest BCUT2D eigenvalue weighted by atomic mass is 10.4. The molecule has 0 spiro atoms. The SMILES string of the molecule is CCN(CC)C/C=C(/C)OC. The fourth-order valence-corrected chi connectivity index (χ4v) is 0.823. The van der Waals surface area contributed by atoms with Crippen LogP contribution in [0.25, 0.3) is 0 Å². The van der Waals surface area contributed by atoms with E-state index >= 15 is 0 Å². The topological polar surface area (TPSA) is 12.5 Å². The van der Waals surface area contributed by atoms with Crippen LogP contribution < -0.4 is 0 Å². The third kappa shape index (κ3) is 4.85. The molecule has 0 aromatic heterocycles. The van der Waals surface area contributed by atoms with E-state index in [1.807, 2.05) is 6.92 Å². The van der Waals surface area contributed by atoms with Gasteiger partial charge < -0.3 is 9.64 Å². The van der Waals surface area contributed by atoms with Crippen LogP contribution in [-0.4, -0.2) is 31.6 Å². The van der Waals surface area contributed by atoms with Crippen molar-refractivity contribution in [3.8, 4) is 0 Å². The highest BCUT2D eigenvalue weighted by molar-refractivity contribution is 4.90. The maximum absolute atomic E-state index is 5.02. The van der Waals surface area contributed by atoms with Crippen molar-refractivity contribution in [1.82, 2.24) is 4.90 Å². The molecule has 0 aromatic rings. The van der Waals surface area contributed by atoms with Crippen molar-refractivity contribution >= 4 is 0 Å². The standard InChI is InChI=1S/C9H19NO/c1-5-10(6-2)8-7-9(3)11-4/h7H,5-6,8H2,1-4H3/b9-7-. The summed E-state index contributed by atoms with van der Waals surface area (Å²) in [5.41, 5.74) is 0. The van der Waals surface area contributed by atoms with Gasteiger partial charge in [0.1, 0.15) is 0 Å². The molecule has 0 rings (SSSR count). The van der Waals surface area contributed by atoms with Crippen LogP contribution in [0, 0.1) is 0 Å². The van der Waals surface area contributed by atoms with E-state index in [0.29, 0.717) is 0 Å². The first-order valence-corrected chi connectivity index (χ1v) is 4.17. The molecule has 0 saturated carbocycles. The maximum Gasteiger partial charge on any atom is 0.0897 e. The Morgan fingerprint density at radius 3 is 2.27 bits per heavy atom. The lowest BCUT2D eigenvalue weighted by Crippen LogP contribution is -2.22. The molecule has 66 valence electrons. The van der Waals surface area contributed by atoms with Gasteiger partial charge in [-0.1, -0.05) is 13.8 Å². The summed E-state index contributed by atoms with van der Waals surface area (Å²) in [5.74, 6) is 0.997. The molecule has 11 heavy (non-hydrogen) atoms. The Kier molecular flexibility index (Phi) is 5.94. The molecule has 0 bridgehead atoms. The minimum atomic E-state index is 0.993. The van der Waals surface area contributed by atoms with Crippen LogP contribution in [0.5, 0.6) is 0 Å². The molecule has 0 N–H and O–H groups in total. The second-order valence-corrected chi connectivity index (χ2v) is 2.50. The van der Waals surface area contributed by atoms with Gasteiger partial charge in [-0.3, -0.25) is 0 Å². The smallest absolute Gasteiger partial charge is 0.0897 e. The van der Waals surface area contributed by atoms with E-state index < -0.39 is 0 Å². The van der Waals surface area contributed by atoms with Crippen LogP contribution in [0.3, 0.4) is 0 Å². The van der Waals surface area contributed by atoms with Crippen LogP contribution in [0.1, 0.15) is 20.8 Å². The molecule has 0 radical (unpaired) electrons. The van der Waals surface area contributed by atoms with Gasteiger partial charge in [0.15, 0.2) is 0 Å². The van der Waals surface area contributed by atoms with Gasteiger partial charge in [0, 0.05) is 6.54 Å². The largest absolute Gasteiger partial charge is 0.502 e. The fourth-order valence-electron chi connectivity index (χ4n) is 0.823. The zero-order valence-corrected chi connectivity index (χ0v) is 8.05. The number of rotatable bonds is 5. The molecule has 0 aromatic carbocycles. The van der Waals surface area contributed by atoms with Gasteiger partial charge in [-0.05, 0) is 26.1 Å². The first-order chi connectivity index (χ1) is 5.24. The summed E-state index contributed by atoms with van der Waals surface area (Å²) in [7, 11) is 1.70. The van der Waals surface area contributed by atoms with Gasteiger partial charge in [-0.25, -0.2) is 0 Å². The third-order valence-electron chi connectivity index (χ3n) is 1.85. The molecular formula is C9H19NO. The van der Waals surface area contributed by atoms with E-state index in [1.165, 1.54) is 0 Å². The number of methoxy groups -OCH3 is 1. The molecule has 2 heteroatoms. The number of nitrogens with zero attached hydrogens (tertiary/aromatic N) is 1. The number of hydrogen-bond acceptors (Lipinski definition) is 2. The molecule has 0 amide bonds. The van der Waals surface area contributed by atoms with Crippen molar-refractivity contribution in [2.45, 2.75) is 20.8 Å². The van der Waals surface area contributed by atoms with E-state index in [-0.39, 0.29) is 0 Å². The zero-order valence-electron chi connectivity index (χ0n) is 8.05. The Morgan fingerprint density at radius 1 is 1.36 bits per heavy atom. The van der Waals surface area contributed by atoms with Crippen LogP contribution in [0.4, 0.5) is 0 Å². The van der Waals surface area contributed by atoms with E-state index in [0.717, 1.165) is 25.4 Å². The Balaban J connectivity index is 3.65. The molecule has 0 heterocycles. The molecule has 2 nitrogen and oxygen atoms in total. The minimum Gasteiger partial charge on any atom is -0.502 e. The van der Waals surface area contributed by atoms with Crippen LogP contribution in [0.15, 0.2) is 11.8 Å². The molecular weight excluding hydrogens is 138 g/mol.